The lowest BCUT2D eigenvalue weighted by atomic mass is 9.94. The number of nitrogens with one attached hydrogen (secondary N) is 1. The molecule has 7 N–H and O–H groups in total. The lowest BCUT2D eigenvalue weighted by molar-refractivity contribution is -0.144. The fourth-order valence-electron chi connectivity index (χ4n) is 3.92. The van der Waals surface area contributed by atoms with E-state index in [1.807, 2.05) is 13.8 Å². The molecule has 0 aliphatic heterocycles. The number of primary amides is 1. The summed E-state index contributed by atoms with van der Waals surface area (Å²) in [6, 6.07) is 3.55. The number of unbranched alkanes of at least 4 members (excludes halogenated alkanes) is 2. The van der Waals surface area contributed by atoms with Gasteiger partial charge in [-0.15, -0.1) is 0 Å². The van der Waals surface area contributed by atoms with Gasteiger partial charge in [0.25, 0.3) is 0 Å². The Bertz CT molecular complexity index is 874. The molecule has 1 aromatic carbocycles. The number of phenols is 1. The Labute approximate surface area is 213 Å². The molecule has 0 spiro atoms. The van der Waals surface area contributed by atoms with E-state index in [9.17, 15) is 24.3 Å². The number of rotatable bonds is 16. The van der Waals surface area contributed by atoms with E-state index in [-0.39, 0.29) is 37.0 Å². The summed E-state index contributed by atoms with van der Waals surface area (Å²) in [6.45, 7) is 7.53. The highest BCUT2D eigenvalue weighted by Gasteiger charge is 2.36. The zero-order valence-corrected chi connectivity index (χ0v) is 21.8. The molecule has 36 heavy (non-hydrogen) atoms. The Hall–Kier alpha value is -3.14. The maximum atomic E-state index is 13.9. The van der Waals surface area contributed by atoms with Crippen LogP contribution in [-0.4, -0.2) is 63.5 Å². The molecule has 0 fully saturated rings. The third-order valence-electron chi connectivity index (χ3n) is 6.39. The molecule has 0 saturated heterocycles. The van der Waals surface area contributed by atoms with E-state index >= 15 is 0 Å². The van der Waals surface area contributed by atoms with Crippen LogP contribution in [0.3, 0.4) is 0 Å². The number of nitrogens with zero attached hydrogens (tertiary/aromatic N) is 1. The van der Waals surface area contributed by atoms with Crippen molar-refractivity contribution < 1.29 is 29.4 Å². The molecule has 1 rings (SSSR count). The number of aromatic hydroxyl groups is 1. The molecule has 3 amide bonds. The van der Waals surface area contributed by atoms with E-state index in [0.717, 1.165) is 0 Å². The lowest BCUT2D eigenvalue weighted by Gasteiger charge is -2.36. The number of phenolic OH excluding ortho intramolecular Hbond substituents is 1. The topological polar surface area (TPSA) is 176 Å². The van der Waals surface area contributed by atoms with Crippen LogP contribution in [0.1, 0.15) is 65.4 Å². The van der Waals surface area contributed by atoms with Gasteiger partial charge in [0.05, 0.1) is 6.04 Å². The Kier molecular flexibility index (Phi) is 12.9. The predicted octanol–water partition coefficient (Wildman–Crippen LogP) is 1.78. The van der Waals surface area contributed by atoms with E-state index in [2.05, 4.69) is 5.32 Å². The van der Waals surface area contributed by atoms with E-state index < -0.39 is 41.8 Å². The zero-order valence-electron chi connectivity index (χ0n) is 21.8. The Morgan fingerprint density at radius 1 is 1.03 bits per heavy atom. The Morgan fingerprint density at radius 3 is 2.14 bits per heavy atom. The largest absolute Gasteiger partial charge is 0.508 e. The Balaban J connectivity index is 3.29. The molecule has 0 heterocycles. The van der Waals surface area contributed by atoms with Crippen LogP contribution in [0.5, 0.6) is 5.75 Å². The van der Waals surface area contributed by atoms with Crippen molar-refractivity contribution in [3.8, 4) is 5.75 Å². The van der Waals surface area contributed by atoms with Gasteiger partial charge in [-0.25, -0.2) is 0 Å². The van der Waals surface area contributed by atoms with E-state index in [4.69, 9.17) is 16.6 Å². The van der Waals surface area contributed by atoms with Crippen molar-refractivity contribution in [3.05, 3.63) is 29.8 Å². The number of amides is 3. The van der Waals surface area contributed by atoms with Crippen molar-refractivity contribution in [1.82, 2.24) is 10.2 Å². The first-order valence-electron chi connectivity index (χ1n) is 12.5. The molecule has 202 valence electrons. The van der Waals surface area contributed by atoms with Crippen molar-refractivity contribution in [2.75, 3.05) is 6.54 Å². The second kappa shape index (κ2) is 15.1. The Morgan fingerprint density at radius 2 is 1.64 bits per heavy atom. The average molecular weight is 507 g/mol. The van der Waals surface area contributed by atoms with Gasteiger partial charge in [0.15, 0.2) is 0 Å². The third-order valence-corrected chi connectivity index (χ3v) is 6.39. The summed E-state index contributed by atoms with van der Waals surface area (Å²) in [7, 11) is 0. The molecule has 1 aromatic rings. The van der Waals surface area contributed by atoms with Crippen LogP contribution in [0.25, 0.3) is 0 Å². The highest BCUT2D eigenvalue weighted by molar-refractivity contribution is 5.93. The maximum absolute atomic E-state index is 13.9. The molecule has 0 bridgehead atoms. The van der Waals surface area contributed by atoms with Gasteiger partial charge in [0, 0.05) is 19.4 Å². The van der Waals surface area contributed by atoms with Crippen molar-refractivity contribution in [1.29, 1.82) is 0 Å². The number of aliphatic carboxylic acids is 1. The van der Waals surface area contributed by atoms with Crippen LogP contribution in [0.2, 0.25) is 0 Å². The highest BCUT2D eigenvalue weighted by atomic mass is 16.4. The summed E-state index contributed by atoms with van der Waals surface area (Å²) in [4.78, 5) is 51.5. The third kappa shape index (κ3) is 9.85. The monoisotopic (exact) mass is 506 g/mol. The molecule has 10 heteroatoms. The molecule has 0 aliphatic rings. The number of hydrogen-bond donors (Lipinski definition) is 5. The highest BCUT2D eigenvalue weighted by Crippen LogP contribution is 2.20. The number of carbonyl (C=O) groups excluding carboxylic acids is 3. The van der Waals surface area contributed by atoms with Crippen LogP contribution in [0, 0.1) is 11.8 Å². The number of carbonyl (C=O) groups is 4. The molecular weight excluding hydrogens is 464 g/mol. The van der Waals surface area contributed by atoms with Gasteiger partial charge in [-0.1, -0.05) is 52.7 Å². The number of nitrogens with two attached hydrogens (primary N) is 2. The first-order chi connectivity index (χ1) is 16.9. The van der Waals surface area contributed by atoms with Crippen molar-refractivity contribution >= 4 is 23.7 Å². The van der Waals surface area contributed by atoms with Gasteiger partial charge in [0.1, 0.15) is 17.8 Å². The lowest BCUT2D eigenvalue weighted by Crippen LogP contribution is -2.59. The minimum Gasteiger partial charge on any atom is -0.508 e. The van der Waals surface area contributed by atoms with Crippen molar-refractivity contribution in [2.24, 2.45) is 23.3 Å². The maximum Gasteiger partial charge on any atom is 0.303 e. The van der Waals surface area contributed by atoms with Crippen LogP contribution in [0.4, 0.5) is 0 Å². The van der Waals surface area contributed by atoms with Crippen LogP contribution in [-0.2, 0) is 25.6 Å². The summed E-state index contributed by atoms with van der Waals surface area (Å²) >= 11 is 0. The summed E-state index contributed by atoms with van der Waals surface area (Å²) in [5, 5.41) is 21.3. The minimum absolute atomic E-state index is 0.0190. The second-order valence-corrected chi connectivity index (χ2v) is 9.67. The predicted molar refractivity (Wildman–Crippen MR) is 137 cm³/mol. The number of benzene rings is 1. The molecule has 0 aromatic heterocycles. The smallest absolute Gasteiger partial charge is 0.303 e. The molecular formula is C26H42N4O6. The van der Waals surface area contributed by atoms with Gasteiger partial charge >= 0.3 is 5.97 Å². The zero-order chi connectivity index (χ0) is 27.4. The standard InChI is InChI=1S/C26H42N4O6/c1-5-17(4)23(24(28)34)30(14-8-6-7-9-21(32)33)26(36)20(29-25(35)22(27)16(2)3)15-18-10-12-19(31)13-11-18/h10-13,16-17,20,22-23,31H,5-9,14-15,27H2,1-4H3,(H2,28,34)(H,29,35)(H,32,33)/t17-,20-,22-,23-/m0/s1. The molecule has 0 saturated carbocycles. The second-order valence-electron chi connectivity index (χ2n) is 9.67. The summed E-state index contributed by atoms with van der Waals surface area (Å²) in [6.07, 6.45) is 2.21. The molecule has 0 aliphatic carbocycles. The first-order valence-corrected chi connectivity index (χ1v) is 12.5. The van der Waals surface area contributed by atoms with E-state index in [1.165, 1.54) is 17.0 Å². The van der Waals surface area contributed by atoms with Crippen molar-refractivity contribution in [2.45, 2.75) is 84.3 Å². The molecule has 4 atom stereocenters. The summed E-state index contributed by atoms with van der Waals surface area (Å²) in [5.74, 6) is -2.79. The summed E-state index contributed by atoms with van der Waals surface area (Å²) < 4.78 is 0. The van der Waals surface area contributed by atoms with Gasteiger partial charge < -0.3 is 31.9 Å². The number of carboxylic acid groups (broad SMARTS) is 1. The minimum atomic E-state index is -1.02. The fraction of sp³-hybridized carbons (Fsp3) is 0.615. The quantitative estimate of drug-likeness (QED) is 0.212. The van der Waals surface area contributed by atoms with E-state index in [0.29, 0.717) is 31.2 Å². The SMILES string of the molecule is CC[C@H](C)[C@@H](C(N)=O)N(CCCCCC(=O)O)C(=O)[C@H](Cc1ccc(O)cc1)NC(=O)[C@@H](N)C(C)C. The van der Waals surface area contributed by atoms with Gasteiger partial charge in [-0.2, -0.15) is 0 Å². The number of carboxylic acids is 1. The van der Waals surface area contributed by atoms with Gasteiger partial charge in [-0.05, 0) is 42.4 Å². The van der Waals surface area contributed by atoms with Gasteiger partial charge in [-0.3, -0.25) is 19.2 Å². The fourth-order valence-corrected chi connectivity index (χ4v) is 3.92. The van der Waals surface area contributed by atoms with Crippen molar-refractivity contribution in [3.63, 3.8) is 0 Å². The normalized spacial score (nSPS) is 14.5. The number of hydrogen-bond acceptors (Lipinski definition) is 6. The first kappa shape index (κ1) is 30.9. The molecule has 10 nitrogen and oxygen atoms in total. The average Bonchev–Trinajstić information content (AvgIpc) is 2.82. The van der Waals surface area contributed by atoms with E-state index in [1.54, 1.807) is 26.0 Å². The van der Waals surface area contributed by atoms with Gasteiger partial charge in [0.2, 0.25) is 17.7 Å². The van der Waals surface area contributed by atoms with Crippen LogP contribution >= 0.6 is 0 Å². The van der Waals surface area contributed by atoms with Crippen LogP contribution < -0.4 is 16.8 Å². The molecule has 0 radical (unpaired) electrons. The molecule has 0 unspecified atom stereocenters. The summed E-state index contributed by atoms with van der Waals surface area (Å²) in [5.41, 5.74) is 12.5. The van der Waals surface area contributed by atoms with Crippen LogP contribution in [0.15, 0.2) is 24.3 Å².